The maximum atomic E-state index is 6.04. The number of aromatic nitrogens is 1. The summed E-state index contributed by atoms with van der Waals surface area (Å²) in [5, 5.41) is 1.19. The van der Waals surface area contributed by atoms with Crippen molar-refractivity contribution in [2.75, 3.05) is 0 Å². The molecule has 0 saturated heterocycles. The average molecular weight is 429 g/mol. The molecular weight excluding hydrogens is 388 g/mol. The minimum atomic E-state index is 0.110. The summed E-state index contributed by atoms with van der Waals surface area (Å²) in [4.78, 5) is 3.58. The summed E-state index contributed by atoms with van der Waals surface area (Å²) in [5.41, 5.74) is 13.5. The van der Waals surface area contributed by atoms with Crippen molar-refractivity contribution in [3.63, 3.8) is 0 Å². The van der Waals surface area contributed by atoms with E-state index < -0.39 is 0 Å². The van der Waals surface area contributed by atoms with Crippen LogP contribution in [-0.4, -0.2) is 4.98 Å². The molecule has 1 atom stereocenters. The van der Waals surface area contributed by atoms with Gasteiger partial charge in [0, 0.05) is 33.3 Å². The number of benzene rings is 1. The van der Waals surface area contributed by atoms with Crippen molar-refractivity contribution in [1.82, 2.24) is 4.98 Å². The molecule has 2 aromatic rings. The van der Waals surface area contributed by atoms with Gasteiger partial charge in [0.05, 0.1) is 0 Å². The third-order valence-corrected chi connectivity index (χ3v) is 6.81. The Labute approximate surface area is 194 Å². The zero-order valence-electron chi connectivity index (χ0n) is 20.4. The quantitative estimate of drug-likeness (QED) is 0.199. The Hall–Kier alpha value is -2.74. The van der Waals surface area contributed by atoms with Crippen molar-refractivity contribution in [3.05, 3.63) is 83.8 Å². The van der Waals surface area contributed by atoms with Gasteiger partial charge in [-0.25, -0.2) is 0 Å². The van der Waals surface area contributed by atoms with Crippen LogP contribution in [0.2, 0.25) is 0 Å². The second-order valence-electron chi connectivity index (χ2n) is 9.50. The summed E-state index contributed by atoms with van der Waals surface area (Å²) in [6, 6.07) is 6.81. The number of nitrogens with one attached hydrogen (secondary N) is 1. The first-order valence-electron chi connectivity index (χ1n) is 12.1. The lowest BCUT2D eigenvalue weighted by Crippen LogP contribution is -2.11. The van der Waals surface area contributed by atoms with Crippen LogP contribution in [0.3, 0.4) is 0 Å². The van der Waals surface area contributed by atoms with E-state index in [9.17, 15) is 0 Å². The molecular formula is C30H40N2. The SMILES string of the molecule is C=C/C(C(=C)c1cc2cc(/C=C/C)c(C3(CCCCC(C)CCC)C=C3)cc2[nH]1)=C(\C)N. The van der Waals surface area contributed by atoms with E-state index in [1.54, 1.807) is 6.08 Å². The van der Waals surface area contributed by atoms with Crippen LogP contribution in [0.4, 0.5) is 0 Å². The summed E-state index contributed by atoms with van der Waals surface area (Å²) in [7, 11) is 0. The topological polar surface area (TPSA) is 41.8 Å². The molecule has 0 amide bonds. The van der Waals surface area contributed by atoms with Gasteiger partial charge in [-0.05, 0) is 61.1 Å². The Balaban J connectivity index is 1.86. The van der Waals surface area contributed by atoms with Crippen LogP contribution in [0.15, 0.2) is 66.9 Å². The van der Waals surface area contributed by atoms with Crippen LogP contribution in [0.5, 0.6) is 0 Å². The van der Waals surface area contributed by atoms with Crippen LogP contribution in [-0.2, 0) is 5.41 Å². The standard InChI is InChI=1S/C30H40N2/c1-7-12-21(4)14-10-11-15-30(16-17-30)27-20-29-25(18-24(27)13-8-2)19-28(32-29)22(5)26(9-3)23(6)31/h8-9,13,16-21,32H,3,5,7,10-12,14-15,31H2,1-2,4,6H3/b13-8+,26-23-. The molecule has 0 saturated carbocycles. The van der Waals surface area contributed by atoms with Crippen LogP contribution >= 0.6 is 0 Å². The monoisotopic (exact) mass is 428 g/mol. The summed E-state index contributed by atoms with van der Waals surface area (Å²) in [6.45, 7) is 16.8. The number of rotatable bonds is 12. The summed E-state index contributed by atoms with van der Waals surface area (Å²) >= 11 is 0. The molecule has 0 bridgehead atoms. The lowest BCUT2D eigenvalue weighted by molar-refractivity contribution is 0.448. The second kappa shape index (κ2) is 10.3. The van der Waals surface area contributed by atoms with Gasteiger partial charge in [0.15, 0.2) is 0 Å². The number of unbranched alkanes of at least 4 members (excludes halogenated alkanes) is 1. The highest BCUT2D eigenvalue weighted by molar-refractivity contribution is 5.91. The fourth-order valence-corrected chi connectivity index (χ4v) is 4.88. The molecule has 170 valence electrons. The number of H-pyrrole nitrogens is 1. The molecule has 0 aliphatic heterocycles. The van der Waals surface area contributed by atoms with Crippen molar-refractivity contribution < 1.29 is 0 Å². The third-order valence-electron chi connectivity index (χ3n) is 6.81. The van der Waals surface area contributed by atoms with Crippen LogP contribution < -0.4 is 5.73 Å². The van der Waals surface area contributed by atoms with Gasteiger partial charge in [-0.2, -0.15) is 0 Å². The van der Waals surface area contributed by atoms with Crippen molar-refractivity contribution in [3.8, 4) is 0 Å². The molecule has 1 aliphatic carbocycles. The van der Waals surface area contributed by atoms with Gasteiger partial charge in [0.2, 0.25) is 0 Å². The van der Waals surface area contributed by atoms with E-state index in [1.165, 1.54) is 55.0 Å². The molecule has 0 radical (unpaired) electrons. The Bertz CT molecular complexity index is 1060. The number of aromatic amines is 1. The van der Waals surface area contributed by atoms with Crippen molar-refractivity contribution >= 4 is 22.6 Å². The van der Waals surface area contributed by atoms with E-state index >= 15 is 0 Å². The van der Waals surface area contributed by atoms with E-state index in [4.69, 9.17) is 5.73 Å². The molecule has 1 heterocycles. The summed E-state index contributed by atoms with van der Waals surface area (Å²) in [6.07, 6.45) is 18.7. The molecule has 32 heavy (non-hydrogen) atoms. The van der Waals surface area contributed by atoms with Crippen molar-refractivity contribution in [2.45, 2.75) is 71.6 Å². The molecule has 3 N–H and O–H groups in total. The van der Waals surface area contributed by atoms with Gasteiger partial charge in [-0.3, -0.25) is 0 Å². The first-order valence-corrected chi connectivity index (χ1v) is 12.1. The van der Waals surface area contributed by atoms with Gasteiger partial charge < -0.3 is 10.7 Å². The van der Waals surface area contributed by atoms with Crippen LogP contribution in [0.25, 0.3) is 22.6 Å². The van der Waals surface area contributed by atoms with E-state index in [-0.39, 0.29) is 5.41 Å². The molecule has 1 aliphatic rings. The maximum Gasteiger partial charge on any atom is 0.0465 e. The highest BCUT2D eigenvalue weighted by Gasteiger charge is 2.37. The Morgan fingerprint density at radius 2 is 1.94 bits per heavy atom. The number of fused-ring (bicyclic) bond motifs is 1. The van der Waals surface area contributed by atoms with Crippen molar-refractivity contribution in [1.29, 1.82) is 0 Å². The molecule has 0 spiro atoms. The predicted octanol–water partition coefficient (Wildman–Crippen LogP) is 8.44. The van der Waals surface area contributed by atoms with Gasteiger partial charge in [0.25, 0.3) is 0 Å². The fourth-order valence-electron chi connectivity index (χ4n) is 4.88. The van der Waals surface area contributed by atoms with E-state index in [0.717, 1.165) is 34.0 Å². The molecule has 2 nitrogen and oxygen atoms in total. The third kappa shape index (κ3) is 5.18. The molecule has 1 aromatic carbocycles. The molecule has 0 fully saturated rings. The second-order valence-corrected chi connectivity index (χ2v) is 9.50. The Kier molecular flexibility index (Phi) is 7.66. The van der Waals surface area contributed by atoms with Crippen molar-refractivity contribution in [2.24, 2.45) is 11.7 Å². The van der Waals surface area contributed by atoms with E-state index in [0.29, 0.717) is 0 Å². The van der Waals surface area contributed by atoms with Gasteiger partial charge in [0.1, 0.15) is 0 Å². The molecule has 1 unspecified atom stereocenters. The van der Waals surface area contributed by atoms with Crippen LogP contribution in [0.1, 0.15) is 83.0 Å². The molecule has 1 aromatic heterocycles. The summed E-state index contributed by atoms with van der Waals surface area (Å²) < 4.78 is 0. The average Bonchev–Trinajstić information content (AvgIpc) is 3.42. The highest BCUT2D eigenvalue weighted by atomic mass is 14.7. The first kappa shape index (κ1) is 23.9. The number of allylic oxidation sites excluding steroid dienone is 7. The predicted molar refractivity (Wildman–Crippen MR) is 142 cm³/mol. The molecule has 2 heteroatoms. The lowest BCUT2D eigenvalue weighted by atomic mass is 9.83. The van der Waals surface area contributed by atoms with Gasteiger partial charge >= 0.3 is 0 Å². The minimum absolute atomic E-state index is 0.110. The largest absolute Gasteiger partial charge is 0.402 e. The lowest BCUT2D eigenvalue weighted by Gasteiger charge is -2.20. The normalized spacial score (nSPS) is 16.4. The number of hydrogen-bond donors (Lipinski definition) is 2. The summed E-state index contributed by atoms with van der Waals surface area (Å²) in [5.74, 6) is 0.843. The van der Waals surface area contributed by atoms with E-state index in [1.807, 2.05) is 6.92 Å². The van der Waals surface area contributed by atoms with E-state index in [2.05, 4.69) is 81.4 Å². The number of hydrogen-bond acceptors (Lipinski definition) is 1. The molecule has 3 rings (SSSR count). The fraction of sp³-hybridized carbons (Fsp3) is 0.400. The zero-order chi connectivity index (χ0) is 23.3. The van der Waals surface area contributed by atoms with Crippen LogP contribution in [0, 0.1) is 5.92 Å². The number of nitrogens with two attached hydrogens (primary N) is 1. The Morgan fingerprint density at radius 1 is 1.19 bits per heavy atom. The van der Waals surface area contributed by atoms with Gasteiger partial charge in [-0.15, -0.1) is 0 Å². The zero-order valence-corrected chi connectivity index (χ0v) is 20.4. The highest BCUT2D eigenvalue weighted by Crippen LogP contribution is 2.46. The Morgan fingerprint density at radius 3 is 2.53 bits per heavy atom. The maximum absolute atomic E-state index is 6.04. The smallest absolute Gasteiger partial charge is 0.0465 e. The van der Waals surface area contributed by atoms with Gasteiger partial charge in [-0.1, -0.05) is 89.5 Å². The minimum Gasteiger partial charge on any atom is -0.402 e. The first-order chi connectivity index (χ1) is 15.3.